The van der Waals surface area contributed by atoms with Crippen molar-refractivity contribution in [2.24, 2.45) is 0 Å². The fraction of sp³-hybridized carbons (Fsp3) is 0.235. The van der Waals surface area contributed by atoms with Gasteiger partial charge >= 0.3 is 0 Å². The lowest BCUT2D eigenvalue weighted by Crippen LogP contribution is -2.35. The van der Waals surface area contributed by atoms with Gasteiger partial charge in [-0.2, -0.15) is 0 Å². The largest absolute Gasteiger partial charge is 0.303 e. The van der Waals surface area contributed by atoms with Crippen LogP contribution in [0.2, 0.25) is 0 Å². The van der Waals surface area contributed by atoms with E-state index in [1.54, 1.807) is 0 Å². The molecule has 0 spiro atoms. The summed E-state index contributed by atoms with van der Waals surface area (Å²) in [5.74, 6) is -1.39. The Morgan fingerprint density at radius 2 is 1.86 bits per heavy atom. The number of hydrogen-bond acceptors (Lipinski definition) is 2. The van der Waals surface area contributed by atoms with Crippen molar-refractivity contribution in [1.29, 1.82) is 0 Å². The second-order valence-corrected chi connectivity index (χ2v) is 5.26. The number of hydrogen-bond donors (Lipinski definition) is 1. The number of Topliss-reactive ketones (excluding diaryl/α,β-unsaturated/α-hetero) is 1. The summed E-state index contributed by atoms with van der Waals surface area (Å²) in [6.45, 7) is 0.727. The summed E-state index contributed by atoms with van der Waals surface area (Å²) in [6.07, 6.45) is 0.898. The van der Waals surface area contributed by atoms with E-state index in [1.807, 2.05) is 24.3 Å². The molecule has 21 heavy (non-hydrogen) atoms. The summed E-state index contributed by atoms with van der Waals surface area (Å²) in [5.41, 5.74) is 2.48. The third kappa shape index (κ3) is 3.00. The van der Waals surface area contributed by atoms with E-state index in [1.165, 1.54) is 12.1 Å². The Kier molecular flexibility index (Phi) is 3.80. The maximum absolute atomic E-state index is 13.2. The average Bonchev–Trinajstić information content (AvgIpc) is 2.45. The monoisotopic (exact) mass is 287 g/mol. The molecule has 108 valence electrons. The summed E-state index contributed by atoms with van der Waals surface area (Å²) in [6, 6.07) is 10.6. The van der Waals surface area contributed by atoms with Crippen molar-refractivity contribution >= 4 is 5.78 Å². The molecular formula is C17H15F2NO. The van der Waals surface area contributed by atoms with Gasteiger partial charge in [-0.25, -0.2) is 8.78 Å². The standard InChI is InChI=1S/C17H15F2NO/c18-13-7-11(8-14(19)10-13)9-16(21)17-15-4-2-1-3-12(15)5-6-20-17/h1-4,7-8,10,17,20H,5-6,9H2. The number of fused-ring (bicyclic) bond motifs is 1. The van der Waals surface area contributed by atoms with Crippen LogP contribution in [0.3, 0.4) is 0 Å². The molecular weight excluding hydrogens is 272 g/mol. The minimum absolute atomic E-state index is 0.0146. The van der Waals surface area contributed by atoms with Crippen LogP contribution in [0, 0.1) is 11.6 Å². The fourth-order valence-corrected chi connectivity index (χ4v) is 2.81. The molecule has 0 aromatic heterocycles. The van der Waals surface area contributed by atoms with Crippen LogP contribution in [0.15, 0.2) is 42.5 Å². The smallest absolute Gasteiger partial charge is 0.158 e. The molecule has 1 atom stereocenters. The van der Waals surface area contributed by atoms with Crippen LogP contribution in [-0.4, -0.2) is 12.3 Å². The van der Waals surface area contributed by atoms with Crippen LogP contribution in [0.1, 0.15) is 22.7 Å². The molecule has 2 aromatic carbocycles. The zero-order valence-corrected chi connectivity index (χ0v) is 11.4. The van der Waals surface area contributed by atoms with Crippen LogP contribution in [0.5, 0.6) is 0 Å². The Morgan fingerprint density at radius 3 is 2.62 bits per heavy atom. The molecule has 4 heteroatoms. The number of carbonyl (C=O) groups excluding carboxylic acids is 1. The van der Waals surface area contributed by atoms with Crippen molar-refractivity contribution < 1.29 is 13.6 Å². The van der Waals surface area contributed by atoms with Gasteiger partial charge in [0, 0.05) is 19.0 Å². The maximum atomic E-state index is 13.2. The van der Waals surface area contributed by atoms with Gasteiger partial charge < -0.3 is 5.32 Å². The van der Waals surface area contributed by atoms with Crippen molar-refractivity contribution in [3.8, 4) is 0 Å². The van der Waals surface area contributed by atoms with Crippen molar-refractivity contribution in [1.82, 2.24) is 5.32 Å². The van der Waals surface area contributed by atoms with Crippen molar-refractivity contribution in [3.05, 3.63) is 70.8 Å². The summed E-state index contributed by atoms with van der Waals surface area (Å²) in [7, 11) is 0. The number of rotatable bonds is 3. The molecule has 0 radical (unpaired) electrons. The molecule has 1 unspecified atom stereocenters. The number of benzene rings is 2. The van der Waals surface area contributed by atoms with Gasteiger partial charge in [-0.1, -0.05) is 24.3 Å². The van der Waals surface area contributed by atoms with E-state index in [9.17, 15) is 13.6 Å². The highest BCUT2D eigenvalue weighted by atomic mass is 19.1. The molecule has 2 aromatic rings. The topological polar surface area (TPSA) is 29.1 Å². The van der Waals surface area contributed by atoms with Gasteiger partial charge in [-0.15, -0.1) is 0 Å². The molecule has 3 rings (SSSR count). The van der Waals surface area contributed by atoms with E-state index < -0.39 is 17.7 Å². The zero-order chi connectivity index (χ0) is 14.8. The first-order valence-corrected chi connectivity index (χ1v) is 6.92. The minimum atomic E-state index is -0.658. The predicted octanol–water partition coefficient (Wildman–Crippen LogP) is 2.96. The van der Waals surface area contributed by atoms with Gasteiger partial charge in [0.1, 0.15) is 11.6 Å². The maximum Gasteiger partial charge on any atom is 0.158 e. The molecule has 1 N–H and O–H groups in total. The van der Waals surface area contributed by atoms with Gasteiger partial charge in [0.2, 0.25) is 0 Å². The van der Waals surface area contributed by atoms with Crippen LogP contribution >= 0.6 is 0 Å². The molecule has 0 amide bonds. The molecule has 0 saturated carbocycles. The average molecular weight is 287 g/mol. The molecule has 1 heterocycles. The lowest BCUT2D eigenvalue weighted by atomic mass is 9.90. The molecule has 1 aliphatic rings. The second kappa shape index (κ2) is 5.74. The van der Waals surface area contributed by atoms with Crippen LogP contribution in [0.25, 0.3) is 0 Å². The molecule has 0 fully saturated rings. The fourth-order valence-electron chi connectivity index (χ4n) is 2.81. The second-order valence-electron chi connectivity index (χ2n) is 5.26. The predicted molar refractivity (Wildman–Crippen MR) is 76.0 cm³/mol. The highest BCUT2D eigenvalue weighted by Gasteiger charge is 2.25. The molecule has 0 saturated heterocycles. The first kappa shape index (κ1) is 13.9. The van der Waals surface area contributed by atoms with Gasteiger partial charge in [0.15, 0.2) is 5.78 Å². The van der Waals surface area contributed by atoms with E-state index >= 15 is 0 Å². The summed E-state index contributed by atoms with van der Waals surface area (Å²) < 4.78 is 26.4. The molecule has 0 aliphatic carbocycles. The molecule has 0 bridgehead atoms. The highest BCUT2D eigenvalue weighted by molar-refractivity contribution is 5.87. The third-order valence-electron chi connectivity index (χ3n) is 3.73. The summed E-state index contributed by atoms with van der Waals surface area (Å²) in [5, 5.41) is 3.19. The van der Waals surface area contributed by atoms with E-state index in [0.717, 1.165) is 30.2 Å². The number of carbonyl (C=O) groups is 1. The van der Waals surface area contributed by atoms with Crippen LogP contribution in [0.4, 0.5) is 8.78 Å². The van der Waals surface area contributed by atoms with E-state index in [0.29, 0.717) is 5.56 Å². The van der Waals surface area contributed by atoms with Crippen LogP contribution < -0.4 is 5.32 Å². The Morgan fingerprint density at radius 1 is 1.14 bits per heavy atom. The van der Waals surface area contributed by atoms with Crippen molar-refractivity contribution in [2.75, 3.05) is 6.54 Å². The van der Waals surface area contributed by atoms with Gasteiger partial charge in [0.05, 0.1) is 6.04 Å². The van der Waals surface area contributed by atoms with E-state index in [-0.39, 0.29) is 12.2 Å². The molecule has 1 aliphatic heterocycles. The first-order chi connectivity index (χ1) is 10.1. The lowest BCUT2D eigenvalue weighted by Gasteiger charge is -2.25. The Bertz CT molecular complexity index is 664. The van der Waals surface area contributed by atoms with Crippen molar-refractivity contribution in [3.63, 3.8) is 0 Å². The quantitative estimate of drug-likeness (QED) is 0.940. The van der Waals surface area contributed by atoms with Gasteiger partial charge in [0.25, 0.3) is 0 Å². The number of ketones is 1. The normalized spacial score (nSPS) is 17.3. The van der Waals surface area contributed by atoms with Crippen LogP contribution in [-0.2, 0) is 17.6 Å². The van der Waals surface area contributed by atoms with Gasteiger partial charge in [-0.3, -0.25) is 4.79 Å². The van der Waals surface area contributed by atoms with Gasteiger partial charge in [-0.05, 0) is 35.2 Å². The summed E-state index contributed by atoms with van der Waals surface area (Å²) in [4.78, 5) is 12.4. The third-order valence-corrected chi connectivity index (χ3v) is 3.73. The Hall–Kier alpha value is -2.07. The first-order valence-electron chi connectivity index (χ1n) is 6.92. The SMILES string of the molecule is O=C(Cc1cc(F)cc(F)c1)C1NCCc2ccccc21. The number of halogens is 2. The molecule has 2 nitrogen and oxygen atoms in total. The van der Waals surface area contributed by atoms with Crippen molar-refractivity contribution in [2.45, 2.75) is 18.9 Å². The summed E-state index contributed by atoms with van der Waals surface area (Å²) >= 11 is 0. The Labute approximate surface area is 121 Å². The van der Waals surface area contributed by atoms with E-state index in [2.05, 4.69) is 5.32 Å². The van der Waals surface area contributed by atoms with E-state index in [4.69, 9.17) is 0 Å². The lowest BCUT2D eigenvalue weighted by molar-refractivity contribution is -0.120. The highest BCUT2D eigenvalue weighted by Crippen LogP contribution is 2.24. The minimum Gasteiger partial charge on any atom is -0.303 e. The number of nitrogens with one attached hydrogen (secondary N) is 1. The zero-order valence-electron chi connectivity index (χ0n) is 11.4. The Balaban J connectivity index is 1.83.